The number of amides is 1. The maximum Gasteiger partial charge on any atom is 0.336 e. The molecule has 29 heavy (non-hydrogen) atoms. The average molecular weight is 413 g/mol. The first-order chi connectivity index (χ1) is 14.1. The van der Waals surface area contributed by atoms with Gasteiger partial charge in [0.25, 0.3) is 5.91 Å². The normalized spacial score (nSPS) is 14.0. The second-order valence-electron chi connectivity index (χ2n) is 7.00. The van der Waals surface area contributed by atoms with Gasteiger partial charge in [-0.25, -0.2) is 4.79 Å². The molecule has 0 aliphatic carbocycles. The van der Waals surface area contributed by atoms with E-state index in [1.165, 1.54) is 12.5 Å². The van der Waals surface area contributed by atoms with E-state index in [-0.39, 0.29) is 12.5 Å². The van der Waals surface area contributed by atoms with Crippen LogP contribution in [0.2, 0.25) is 5.02 Å². The smallest absolute Gasteiger partial charge is 0.336 e. The number of piperidine rings is 1. The van der Waals surface area contributed by atoms with Crippen molar-refractivity contribution in [3.63, 3.8) is 0 Å². The molecular weight excluding hydrogens is 392 g/mol. The molecule has 4 rings (SSSR count). The van der Waals surface area contributed by atoms with Crippen LogP contribution < -0.4 is 20.6 Å². The van der Waals surface area contributed by atoms with Gasteiger partial charge in [0.1, 0.15) is 11.3 Å². The van der Waals surface area contributed by atoms with Gasteiger partial charge in [-0.3, -0.25) is 4.79 Å². The molecule has 1 fully saturated rings. The summed E-state index contributed by atoms with van der Waals surface area (Å²) in [5, 5.41) is 4.25. The number of nitrogens with one attached hydrogen (secondary N) is 1. The number of benzene rings is 2. The van der Waals surface area contributed by atoms with Crippen molar-refractivity contribution in [2.24, 2.45) is 0 Å². The minimum absolute atomic E-state index is 0.172. The van der Waals surface area contributed by atoms with Crippen molar-refractivity contribution in [1.82, 2.24) is 0 Å². The van der Waals surface area contributed by atoms with Gasteiger partial charge in [-0.05, 0) is 55.7 Å². The highest BCUT2D eigenvalue weighted by molar-refractivity contribution is 6.31. The van der Waals surface area contributed by atoms with E-state index in [4.69, 9.17) is 20.8 Å². The molecule has 6 nitrogen and oxygen atoms in total. The van der Waals surface area contributed by atoms with Crippen molar-refractivity contribution in [2.45, 2.75) is 19.3 Å². The highest BCUT2D eigenvalue weighted by atomic mass is 35.5. The van der Waals surface area contributed by atoms with E-state index in [0.29, 0.717) is 22.0 Å². The van der Waals surface area contributed by atoms with Crippen LogP contribution in [0.1, 0.15) is 19.3 Å². The molecule has 7 heteroatoms. The largest absolute Gasteiger partial charge is 0.484 e. The fourth-order valence-electron chi connectivity index (χ4n) is 3.48. The summed E-state index contributed by atoms with van der Waals surface area (Å²) in [5.74, 6) is 0.157. The number of ether oxygens (including phenoxy) is 1. The number of carbonyl (C=O) groups excluding carboxylic acids is 1. The molecule has 1 aliphatic heterocycles. The van der Waals surface area contributed by atoms with Crippen LogP contribution >= 0.6 is 11.6 Å². The van der Waals surface area contributed by atoms with Crippen LogP contribution in [0.5, 0.6) is 5.75 Å². The van der Waals surface area contributed by atoms with Crippen LogP contribution in [0.3, 0.4) is 0 Å². The Morgan fingerprint density at radius 1 is 1.07 bits per heavy atom. The van der Waals surface area contributed by atoms with Gasteiger partial charge in [0.05, 0.1) is 11.4 Å². The Morgan fingerprint density at radius 2 is 1.86 bits per heavy atom. The monoisotopic (exact) mass is 412 g/mol. The van der Waals surface area contributed by atoms with Crippen molar-refractivity contribution in [2.75, 3.05) is 29.9 Å². The summed E-state index contributed by atoms with van der Waals surface area (Å²) in [5.41, 5.74) is 1.63. The first kappa shape index (κ1) is 19.3. The molecule has 3 aromatic rings. The van der Waals surface area contributed by atoms with E-state index in [0.717, 1.165) is 37.0 Å². The standard InChI is InChI=1S/C22H21ClN2O4/c23-16-6-8-19(25-10-2-1-3-11-25)18(12-16)24-21(26)14-28-17-7-4-15-5-9-22(27)29-20(15)13-17/h4-9,12-13H,1-3,10-11,14H2,(H,24,26). The molecule has 150 valence electrons. The topological polar surface area (TPSA) is 71.8 Å². The number of fused-ring (bicyclic) bond motifs is 1. The summed E-state index contributed by atoms with van der Waals surface area (Å²) in [6, 6.07) is 13.7. The predicted octanol–water partition coefficient (Wildman–Crippen LogP) is 4.45. The maximum absolute atomic E-state index is 12.5. The highest BCUT2D eigenvalue weighted by Crippen LogP contribution is 2.31. The summed E-state index contributed by atoms with van der Waals surface area (Å²) >= 11 is 6.14. The first-order valence-electron chi connectivity index (χ1n) is 9.59. The number of nitrogens with zero attached hydrogens (tertiary/aromatic N) is 1. The zero-order chi connectivity index (χ0) is 20.2. The van der Waals surface area contributed by atoms with E-state index in [1.807, 2.05) is 12.1 Å². The van der Waals surface area contributed by atoms with Crippen molar-refractivity contribution < 1.29 is 13.9 Å². The number of hydrogen-bond donors (Lipinski definition) is 1. The van der Waals surface area contributed by atoms with Crippen LogP contribution in [0.15, 0.2) is 57.7 Å². The molecule has 0 saturated carbocycles. The van der Waals surface area contributed by atoms with Gasteiger partial charge in [-0.15, -0.1) is 0 Å². The van der Waals surface area contributed by atoms with Crippen molar-refractivity contribution >= 4 is 39.9 Å². The third-order valence-electron chi connectivity index (χ3n) is 4.89. The molecule has 0 spiro atoms. The number of anilines is 2. The average Bonchev–Trinajstić information content (AvgIpc) is 2.72. The van der Waals surface area contributed by atoms with Crippen LogP contribution in [-0.4, -0.2) is 25.6 Å². The first-order valence-corrected chi connectivity index (χ1v) is 9.97. The van der Waals surface area contributed by atoms with E-state index in [9.17, 15) is 9.59 Å². The Balaban J connectivity index is 1.44. The van der Waals surface area contributed by atoms with Crippen LogP contribution in [0.25, 0.3) is 11.0 Å². The second-order valence-corrected chi connectivity index (χ2v) is 7.44. The molecule has 1 saturated heterocycles. The zero-order valence-corrected chi connectivity index (χ0v) is 16.6. The fraction of sp³-hybridized carbons (Fsp3) is 0.273. The van der Waals surface area contributed by atoms with Crippen LogP contribution in [0, 0.1) is 0 Å². The lowest BCUT2D eigenvalue weighted by atomic mass is 10.1. The van der Waals surface area contributed by atoms with Gasteiger partial charge < -0.3 is 19.4 Å². The summed E-state index contributed by atoms with van der Waals surface area (Å²) in [6.07, 6.45) is 3.50. The van der Waals surface area contributed by atoms with Gasteiger partial charge >= 0.3 is 5.63 Å². The van der Waals surface area contributed by atoms with Gasteiger partial charge in [-0.1, -0.05) is 11.6 Å². The van der Waals surface area contributed by atoms with Gasteiger partial charge in [-0.2, -0.15) is 0 Å². The number of rotatable bonds is 5. The molecule has 0 bridgehead atoms. The highest BCUT2D eigenvalue weighted by Gasteiger charge is 2.16. The minimum Gasteiger partial charge on any atom is -0.484 e. The summed E-state index contributed by atoms with van der Waals surface area (Å²) in [4.78, 5) is 26.1. The molecular formula is C22H21ClN2O4. The Hall–Kier alpha value is -2.99. The van der Waals surface area contributed by atoms with E-state index in [2.05, 4.69) is 10.2 Å². The Labute approximate surface area is 173 Å². The molecule has 0 radical (unpaired) electrons. The third kappa shape index (κ3) is 4.71. The molecule has 0 atom stereocenters. The Morgan fingerprint density at radius 3 is 2.69 bits per heavy atom. The SMILES string of the molecule is O=C(COc1ccc2ccc(=O)oc2c1)Nc1cc(Cl)ccc1N1CCCCC1. The fourth-order valence-corrected chi connectivity index (χ4v) is 3.66. The van der Waals surface area contributed by atoms with E-state index >= 15 is 0 Å². The maximum atomic E-state index is 12.5. The molecule has 0 unspecified atom stereocenters. The zero-order valence-electron chi connectivity index (χ0n) is 15.8. The lowest BCUT2D eigenvalue weighted by Crippen LogP contribution is -2.31. The molecule has 2 aromatic carbocycles. The Kier molecular flexibility index (Phi) is 5.71. The summed E-state index contributed by atoms with van der Waals surface area (Å²) < 4.78 is 10.7. The molecule has 1 aliphatic rings. The molecule has 2 heterocycles. The van der Waals surface area contributed by atoms with Crippen LogP contribution in [0.4, 0.5) is 11.4 Å². The molecule has 1 N–H and O–H groups in total. The van der Waals surface area contributed by atoms with Crippen molar-refractivity contribution in [3.8, 4) is 5.75 Å². The number of halogens is 1. The second kappa shape index (κ2) is 8.57. The Bertz CT molecular complexity index is 1090. The van der Waals surface area contributed by atoms with Gasteiger partial charge in [0.2, 0.25) is 0 Å². The van der Waals surface area contributed by atoms with Gasteiger partial charge in [0.15, 0.2) is 6.61 Å². The van der Waals surface area contributed by atoms with Crippen molar-refractivity contribution in [1.29, 1.82) is 0 Å². The van der Waals surface area contributed by atoms with Gasteiger partial charge in [0, 0.05) is 35.6 Å². The lowest BCUT2D eigenvalue weighted by molar-refractivity contribution is -0.118. The number of carbonyl (C=O) groups is 1. The molecule has 1 amide bonds. The van der Waals surface area contributed by atoms with E-state index in [1.54, 1.807) is 30.3 Å². The van der Waals surface area contributed by atoms with Crippen molar-refractivity contribution in [3.05, 3.63) is 64.0 Å². The number of hydrogen-bond acceptors (Lipinski definition) is 5. The van der Waals surface area contributed by atoms with E-state index < -0.39 is 5.63 Å². The molecule has 1 aromatic heterocycles. The quantitative estimate of drug-likeness (QED) is 0.626. The van der Waals surface area contributed by atoms with Crippen LogP contribution in [-0.2, 0) is 4.79 Å². The lowest BCUT2D eigenvalue weighted by Gasteiger charge is -2.30. The third-order valence-corrected chi connectivity index (χ3v) is 5.13. The predicted molar refractivity (Wildman–Crippen MR) is 114 cm³/mol. The summed E-state index contributed by atoms with van der Waals surface area (Å²) in [7, 11) is 0. The minimum atomic E-state index is -0.432. The summed E-state index contributed by atoms with van der Waals surface area (Å²) in [6.45, 7) is 1.75.